The molecular weight excluding hydrogens is 168 g/mol. The van der Waals surface area contributed by atoms with Crippen molar-refractivity contribution in [3.8, 4) is 0 Å². The van der Waals surface area contributed by atoms with E-state index in [-0.39, 0.29) is 12.2 Å². The van der Waals surface area contributed by atoms with Crippen LogP contribution in [-0.2, 0) is 13.0 Å². The molecule has 0 radical (unpaired) electrons. The molecule has 1 heterocycles. The van der Waals surface area contributed by atoms with Gasteiger partial charge in [-0.1, -0.05) is 13.8 Å². The summed E-state index contributed by atoms with van der Waals surface area (Å²) in [5.74, 6) is 0.528. The van der Waals surface area contributed by atoms with Crippen molar-refractivity contribution in [2.24, 2.45) is 5.92 Å². The van der Waals surface area contributed by atoms with Gasteiger partial charge in [0.2, 0.25) is 0 Å². The van der Waals surface area contributed by atoms with Crippen LogP contribution >= 0.6 is 0 Å². The fraction of sp³-hybridized carbons (Fsp3) is 0.667. The van der Waals surface area contributed by atoms with Gasteiger partial charge in [-0.3, -0.25) is 14.6 Å². The normalized spacial score (nSPS) is 11.1. The molecule has 0 amide bonds. The number of aromatic amines is 1. The van der Waals surface area contributed by atoms with Crippen LogP contribution in [0, 0.1) is 5.92 Å². The molecule has 1 aromatic rings. The van der Waals surface area contributed by atoms with Crippen LogP contribution in [0.4, 0.5) is 0 Å². The van der Waals surface area contributed by atoms with Gasteiger partial charge in [0, 0.05) is 11.8 Å². The van der Waals surface area contributed by atoms with Crippen molar-refractivity contribution in [2.75, 3.05) is 6.61 Å². The maximum Gasteiger partial charge on any atom is 0.266 e. The van der Waals surface area contributed by atoms with Crippen molar-refractivity contribution in [3.63, 3.8) is 0 Å². The van der Waals surface area contributed by atoms with Gasteiger partial charge >= 0.3 is 0 Å². The molecule has 1 rings (SSSR count). The first-order valence-corrected chi connectivity index (χ1v) is 4.53. The van der Waals surface area contributed by atoms with Crippen LogP contribution in [0.1, 0.15) is 19.5 Å². The highest BCUT2D eigenvalue weighted by Gasteiger charge is 2.03. The zero-order valence-electron chi connectivity index (χ0n) is 8.08. The van der Waals surface area contributed by atoms with E-state index in [9.17, 15) is 4.79 Å². The van der Waals surface area contributed by atoms with Gasteiger partial charge in [0.1, 0.15) is 0 Å². The SMILES string of the molecule is CC(C)Cc1cc(=O)n(CCO)[nH]1. The van der Waals surface area contributed by atoms with E-state index in [1.807, 2.05) is 0 Å². The van der Waals surface area contributed by atoms with Gasteiger partial charge in [-0.15, -0.1) is 0 Å². The molecule has 0 saturated carbocycles. The van der Waals surface area contributed by atoms with Crippen LogP contribution in [0.5, 0.6) is 0 Å². The van der Waals surface area contributed by atoms with Crippen LogP contribution in [0.2, 0.25) is 0 Å². The third-order valence-corrected chi connectivity index (χ3v) is 1.79. The van der Waals surface area contributed by atoms with Crippen molar-refractivity contribution < 1.29 is 5.11 Å². The summed E-state index contributed by atoms with van der Waals surface area (Å²) in [6, 6.07) is 1.59. The van der Waals surface area contributed by atoms with Crippen molar-refractivity contribution >= 4 is 0 Å². The molecule has 0 aliphatic carbocycles. The number of hydrogen-bond donors (Lipinski definition) is 2. The van der Waals surface area contributed by atoms with Crippen molar-refractivity contribution in [3.05, 3.63) is 22.1 Å². The number of aromatic nitrogens is 2. The van der Waals surface area contributed by atoms with Gasteiger partial charge < -0.3 is 5.11 Å². The van der Waals surface area contributed by atoms with E-state index >= 15 is 0 Å². The first-order valence-electron chi connectivity index (χ1n) is 4.53. The molecule has 0 spiro atoms. The summed E-state index contributed by atoms with van der Waals surface area (Å²) in [5, 5.41) is 11.6. The lowest BCUT2D eigenvalue weighted by Gasteiger charge is -2.01. The van der Waals surface area contributed by atoms with Crippen LogP contribution < -0.4 is 5.56 Å². The summed E-state index contributed by atoms with van der Waals surface area (Å²) < 4.78 is 1.43. The maximum absolute atomic E-state index is 11.2. The van der Waals surface area contributed by atoms with E-state index in [1.165, 1.54) is 4.68 Å². The minimum atomic E-state index is -0.0651. The van der Waals surface area contributed by atoms with Crippen molar-refractivity contribution in [1.82, 2.24) is 9.78 Å². The third kappa shape index (κ3) is 2.73. The van der Waals surface area contributed by atoms with E-state index in [0.717, 1.165) is 12.1 Å². The topological polar surface area (TPSA) is 58.0 Å². The largest absolute Gasteiger partial charge is 0.394 e. The smallest absolute Gasteiger partial charge is 0.266 e. The molecule has 0 saturated heterocycles. The Hall–Kier alpha value is -1.03. The zero-order chi connectivity index (χ0) is 9.84. The summed E-state index contributed by atoms with van der Waals surface area (Å²) in [6.07, 6.45) is 0.869. The highest BCUT2D eigenvalue weighted by molar-refractivity contribution is 5.00. The van der Waals surface area contributed by atoms with Gasteiger partial charge in [-0.25, -0.2) is 0 Å². The second-order valence-electron chi connectivity index (χ2n) is 3.59. The predicted octanol–water partition coefficient (Wildman–Crippen LogP) is 0.367. The standard InChI is InChI=1S/C9H16N2O2/c1-7(2)5-8-6-9(13)11(10-8)3-4-12/h6-7,10,12H,3-5H2,1-2H3. The van der Waals surface area contributed by atoms with Gasteiger partial charge in [0.05, 0.1) is 13.2 Å². The van der Waals surface area contributed by atoms with E-state index in [0.29, 0.717) is 12.5 Å². The van der Waals surface area contributed by atoms with E-state index in [1.54, 1.807) is 6.07 Å². The maximum atomic E-state index is 11.2. The van der Waals surface area contributed by atoms with E-state index < -0.39 is 0 Å². The predicted molar refractivity (Wildman–Crippen MR) is 50.7 cm³/mol. The molecule has 0 bridgehead atoms. The van der Waals surface area contributed by atoms with Crippen molar-refractivity contribution in [2.45, 2.75) is 26.8 Å². The number of H-pyrrole nitrogens is 1. The molecule has 0 aliphatic rings. The molecule has 13 heavy (non-hydrogen) atoms. The summed E-state index contributed by atoms with van der Waals surface area (Å²) in [7, 11) is 0. The Bertz CT molecular complexity index is 312. The number of nitrogens with one attached hydrogen (secondary N) is 1. The molecule has 0 fully saturated rings. The Morgan fingerprint density at radius 3 is 2.85 bits per heavy atom. The molecule has 0 aromatic carbocycles. The summed E-state index contributed by atoms with van der Waals surface area (Å²) in [5.41, 5.74) is 0.873. The Balaban J connectivity index is 2.76. The third-order valence-electron chi connectivity index (χ3n) is 1.79. The van der Waals surface area contributed by atoms with Gasteiger partial charge in [-0.05, 0) is 12.3 Å². The average Bonchev–Trinajstić information content (AvgIpc) is 2.31. The molecule has 0 unspecified atom stereocenters. The number of nitrogens with zero attached hydrogens (tertiary/aromatic N) is 1. The Labute approximate surface area is 77.2 Å². The summed E-state index contributed by atoms with van der Waals surface area (Å²) >= 11 is 0. The summed E-state index contributed by atoms with van der Waals surface area (Å²) in [6.45, 7) is 4.53. The van der Waals surface area contributed by atoms with E-state index in [2.05, 4.69) is 18.9 Å². The Kier molecular flexibility index (Phi) is 3.31. The Morgan fingerprint density at radius 2 is 2.31 bits per heavy atom. The number of aliphatic hydroxyl groups excluding tert-OH is 1. The summed E-state index contributed by atoms with van der Waals surface area (Å²) in [4.78, 5) is 11.2. The van der Waals surface area contributed by atoms with Crippen LogP contribution in [0.25, 0.3) is 0 Å². The molecule has 0 atom stereocenters. The van der Waals surface area contributed by atoms with Crippen LogP contribution in [0.15, 0.2) is 10.9 Å². The Morgan fingerprint density at radius 1 is 1.62 bits per heavy atom. The van der Waals surface area contributed by atoms with Crippen LogP contribution in [0.3, 0.4) is 0 Å². The first-order chi connectivity index (χ1) is 6.13. The molecule has 0 aliphatic heterocycles. The molecule has 1 aromatic heterocycles. The second-order valence-corrected chi connectivity index (χ2v) is 3.59. The van der Waals surface area contributed by atoms with Gasteiger partial charge in [0.25, 0.3) is 5.56 Å². The fourth-order valence-corrected chi connectivity index (χ4v) is 1.30. The minimum Gasteiger partial charge on any atom is -0.394 e. The van der Waals surface area contributed by atoms with Crippen molar-refractivity contribution in [1.29, 1.82) is 0 Å². The first kappa shape index (κ1) is 10.1. The zero-order valence-corrected chi connectivity index (χ0v) is 8.08. The van der Waals surface area contributed by atoms with E-state index in [4.69, 9.17) is 5.11 Å². The quantitative estimate of drug-likeness (QED) is 0.710. The lowest BCUT2D eigenvalue weighted by molar-refractivity contribution is 0.267. The molecule has 4 heteroatoms. The number of rotatable bonds is 4. The molecule has 74 valence electrons. The minimum absolute atomic E-state index is 0.0124. The average molecular weight is 184 g/mol. The fourth-order valence-electron chi connectivity index (χ4n) is 1.30. The monoisotopic (exact) mass is 184 g/mol. The highest BCUT2D eigenvalue weighted by atomic mass is 16.3. The highest BCUT2D eigenvalue weighted by Crippen LogP contribution is 2.02. The van der Waals surface area contributed by atoms with Crippen LogP contribution in [-0.4, -0.2) is 21.5 Å². The lowest BCUT2D eigenvalue weighted by Crippen LogP contribution is -2.17. The molecule has 2 N–H and O–H groups in total. The van der Waals surface area contributed by atoms with Gasteiger partial charge in [0.15, 0.2) is 0 Å². The number of hydrogen-bond acceptors (Lipinski definition) is 2. The second kappa shape index (κ2) is 4.28. The molecule has 4 nitrogen and oxygen atoms in total. The number of aliphatic hydroxyl groups is 1. The van der Waals surface area contributed by atoms with Gasteiger partial charge in [-0.2, -0.15) is 0 Å². The molecular formula is C9H16N2O2. The lowest BCUT2D eigenvalue weighted by atomic mass is 10.1.